The van der Waals surface area contributed by atoms with Crippen LogP contribution < -0.4 is 0 Å². The molecule has 12 heteroatoms. The maximum absolute atomic E-state index is 12.5. The molecular formula is C6H5F10NO. The van der Waals surface area contributed by atoms with Gasteiger partial charge in [-0.1, -0.05) is 0 Å². The Hall–Kier alpha value is -0.780. The molecular weight excluding hydrogens is 292 g/mol. The molecule has 0 radical (unpaired) electrons. The summed E-state index contributed by atoms with van der Waals surface area (Å²) >= 11 is 0. The monoisotopic (exact) mass is 297 g/mol. The molecule has 110 valence electrons. The van der Waals surface area contributed by atoms with Crippen LogP contribution in [0.5, 0.6) is 0 Å². The first-order chi connectivity index (χ1) is 7.72. The number of halogens is 10. The van der Waals surface area contributed by atoms with Crippen molar-refractivity contribution < 1.29 is 48.7 Å². The van der Waals surface area contributed by atoms with Gasteiger partial charge in [-0.05, 0) is 6.92 Å². The van der Waals surface area contributed by atoms with Crippen molar-refractivity contribution in [1.29, 1.82) is 0 Å². The van der Waals surface area contributed by atoms with Gasteiger partial charge in [0.1, 0.15) is 0 Å². The molecule has 0 N–H and O–H groups in total. The minimum atomic E-state index is -6.81. The number of rotatable bonds is 5. The highest BCUT2D eigenvalue weighted by Gasteiger charge is 2.76. The van der Waals surface area contributed by atoms with Crippen LogP contribution in [0.1, 0.15) is 6.92 Å². The summed E-state index contributed by atoms with van der Waals surface area (Å²) in [5, 5.41) is -3.57. The van der Waals surface area contributed by atoms with Gasteiger partial charge in [0.25, 0.3) is 0 Å². The van der Waals surface area contributed by atoms with Crippen molar-refractivity contribution in [1.82, 2.24) is 5.12 Å². The lowest BCUT2D eigenvalue weighted by Crippen LogP contribution is -2.62. The second-order valence-electron chi connectivity index (χ2n) is 2.81. The van der Waals surface area contributed by atoms with E-state index in [4.69, 9.17) is 0 Å². The zero-order valence-electron chi connectivity index (χ0n) is 8.34. The van der Waals surface area contributed by atoms with E-state index in [0.29, 0.717) is 6.92 Å². The highest BCUT2D eigenvalue weighted by atomic mass is 19.4. The molecule has 0 aliphatic rings. The lowest BCUT2D eigenvalue weighted by atomic mass is 10.4. The van der Waals surface area contributed by atoms with Crippen molar-refractivity contribution in [2.75, 3.05) is 6.61 Å². The van der Waals surface area contributed by atoms with E-state index in [-0.39, 0.29) is 0 Å². The van der Waals surface area contributed by atoms with Crippen molar-refractivity contribution >= 4 is 0 Å². The maximum atomic E-state index is 12.5. The van der Waals surface area contributed by atoms with Crippen LogP contribution in [0.3, 0.4) is 0 Å². The molecule has 0 atom stereocenters. The van der Waals surface area contributed by atoms with Crippen LogP contribution in [0.2, 0.25) is 0 Å². The molecule has 0 aromatic carbocycles. The summed E-state index contributed by atoms with van der Waals surface area (Å²) in [7, 11) is 0. The normalized spacial score (nSPS) is 15.3. The Kier molecular flexibility index (Phi) is 4.51. The highest BCUT2D eigenvalue weighted by molar-refractivity contribution is 4.82. The summed E-state index contributed by atoms with van der Waals surface area (Å²) in [6.45, 7) is -0.456. The smallest absolute Gasteiger partial charge is 0.315 e. The van der Waals surface area contributed by atoms with Gasteiger partial charge in [0.15, 0.2) is 0 Å². The van der Waals surface area contributed by atoms with E-state index in [1.165, 1.54) is 0 Å². The quantitative estimate of drug-likeness (QED) is 0.437. The standard InChI is InChI=1S/C6H5F10NO/c1-2-18-6(14,15)5(12,13)17(16)4(10,11)3(7,8)9/h2H2,1H3. The molecule has 0 rings (SSSR count). The minimum Gasteiger partial charge on any atom is -0.315 e. The van der Waals surface area contributed by atoms with Crippen LogP contribution in [0.25, 0.3) is 0 Å². The Bertz CT molecular complexity index is 287. The van der Waals surface area contributed by atoms with Crippen LogP contribution in [0.4, 0.5) is 44.0 Å². The zero-order chi connectivity index (χ0) is 15.0. The fourth-order valence-corrected chi connectivity index (χ4v) is 0.670. The van der Waals surface area contributed by atoms with E-state index in [9.17, 15) is 44.0 Å². The molecule has 0 spiro atoms. The fraction of sp³-hybridized carbons (Fsp3) is 1.00. The first-order valence-corrected chi connectivity index (χ1v) is 4.02. The summed E-state index contributed by atoms with van der Waals surface area (Å²) in [5.74, 6) is 0. The van der Waals surface area contributed by atoms with E-state index in [2.05, 4.69) is 4.74 Å². The van der Waals surface area contributed by atoms with Crippen LogP contribution in [0, 0.1) is 0 Å². The Balaban J connectivity index is 5.37. The second kappa shape index (κ2) is 4.72. The molecule has 0 amide bonds. The summed E-state index contributed by atoms with van der Waals surface area (Å²) in [4.78, 5) is 0. The number of ether oxygens (including phenoxy) is 1. The molecule has 2 nitrogen and oxygen atoms in total. The van der Waals surface area contributed by atoms with Gasteiger partial charge in [0.05, 0.1) is 6.61 Å². The molecule has 0 fully saturated rings. The zero-order valence-corrected chi connectivity index (χ0v) is 8.34. The van der Waals surface area contributed by atoms with Gasteiger partial charge in [-0.2, -0.15) is 39.5 Å². The first-order valence-electron chi connectivity index (χ1n) is 4.02. The third-order valence-electron chi connectivity index (χ3n) is 1.51. The Morgan fingerprint density at radius 3 is 1.50 bits per heavy atom. The van der Waals surface area contributed by atoms with Gasteiger partial charge in [0.2, 0.25) is 0 Å². The van der Waals surface area contributed by atoms with Gasteiger partial charge in [-0.25, -0.2) is 0 Å². The van der Waals surface area contributed by atoms with Crippen molar-refractivity contribution in [3.63, 3.8) is 0 Å². The Labute approximate surface area is 93.0 Å². The molecule has 0 aliphatic carbocycles. The fourth-order valence-electron chi connectivity index (χ4n) is 0.670. The largest absolute Gasteiger partial charge is 0.472 e. The van der Waals surface area contributed by atoms with Crippen molar-refractivity contribution in [2.45, 2.75) is 31.3 Å². The molecule has 0 aromatic rings. The van der Waals surface area contributed by atoms with E-state index in [0.717, 1.165) is 0 Å². The summed E-state index contributed by atoms with van der Waals surface area (Å²) in [5.41, 5.74) is 0. The summed E-state index contributed by atoms with van der Waals surface area (Å²) in [6.07, 6.45) is -12.7. The predicted octanol–water partition coefficient (Wildman–Crippen LogP) is 3.55. The predicted molar refractivity (Wildman–Crippen MR) is 35.5 cm³/mol. The molecule has 0 heterocycles. The molecule has 0 aromatic heterocycles. The Morgan fingerprint density at radius 1 is 0.833 bits per heavy atom. The van der Waals surface area contributed by atoms with Gasteiger partial charge in [0, 0.05) is 5.12 Å². The SMILES string of the molecule is CCOC(F)(F)C(F)(F)N(F)C(F)(F)C(F)(F)F. The molecule has 0 saturated carbocycles. The van der Waals surface area contributed by atoms with E-state index >= 15 is 0 Å². The topological polar surface area (TPSA) is 12.5 Å². The number of nitrogens with zero attached hydrogens (tertiary/aromatic N) is 1. The number of hydrogen-bond donors (Lipinski definition) is 0. The lowest BCUT2D eigenvalue weighted by Gasteiger charge is -2.33. The number of alkyl halides is 9. The third-order valence-corrected chi connectivity index (χ3v) is 1.51. The van der Waals surface area contributed by atoms with Crippen LogP contribution in [-0.4, -0.2) is 36.1 Å². The molecule has 18 heavy (non-hydrogen) atoms. The molecule has 0 aliphatic heterocycles. The second-order valence-corrected chi connectivity index (χ2v) is 2.81. The average molecular weight is 297 g/mol. The average Bonchev–Trinajstić information content (AvgIpc) is 2.14. The van der Waals surface area contributed by atoms with E-state index in [1.54, 1.807) is 0 Å². The molecule has 0 bridgehead atoms. The lowest BCUT2D eigenvalue weighted by molar-refractivity contribution is -0.491. The van der Waals surface area contributed by atoms with Gasteiger partial charge in [-0.3, -0.25) is 0 Å². The molecule has 0 saturated heterocycles. The minimum absolute atomic E-state index is 0.717. The van der Waals surface area contributed by atoms with Crippen molar-refractivity contribution in [3.8, 4) is 0 Å². The van der Waals surface area contributed by atoms with Crippen LogP contribution in [0.15, 0.2) is 0 Å². The van der Waals surface area contributed by atoms with Crippen LogP contribution >= 0.6 is 0 Å². The van der Waals surface area contributed by atoms with Crippen LogP contribution in [-0.2, 0) is 4.74 Å². The summed E-state index contributed by atoms with van der Waals surface area (Å²) in [6, 6.07) is -13.3. The van der Waals surface area contributed by atoms with Crippen molar-refractivity contribution in [3.05, 3.63) is 0 Å². The van der Waals surface area contributed by atoms with Crippen molar-refractivity contribution in [2.24, 2.45) is 0 Å². The Morgan fingerprint density at radius 2 is 1.22 bits per heavy atom. The summed E-state index contributed by atoms with van der Waals surface area (Å²) < 4.78 is 124. The highest BCUT2D eigenvalue weighted by Crippen LogP contribution is 2.48. The van der Waals surface area contributed by atoms with E-state index in [1.807, 2.05) is 0 Å². The van der Waals surface area contributed by atoms with Gasteiger partial charge in [-0.15, -0.1) is 4.48 Å². The third kappa shape index (κ3) is 2.79. The maximum Gasteiger partial charge on any atom is 0.472 e. The molecule has 0 unspecified atom stereocenters. The first kappa shape index (κ1) is 17.2. The van der Waals surface area contributed by atoms with E-state index < -0.39 is 36.1 Å². The van der Waals surface area contributed by atoms with Gasteiger partial charge < -0.3 is 4.74 Å². The van der Waals surface area contributed by atoms with Gasteiger partial charge >= 0.3 is 24.4 Å². The number of hydrogen-bond acceptors (Lipinski definition) is 2.